The number of aliphatic hydroxyl groups is 1. The van der Waals surface area contributed by atoms with E-state index in [1.54, 1.807) is 6.92 Å². The Kier molecular flexibility index (Phi) is 2.68. The summed E-state index contributed by atoms with van der Waals surface area (Å²) in [6.07, 6.45) is 1.50. The third kappa shape index (κ3) is 1.70. The number of primary amides is 1. The molecule has 0 aliphatic heterocycles. The highest BCUT2D eigenvalue weighted by Crippen LogP contribution is 2.07. The van der Waals surface area contributed by atoms with Crippen LogP contribution < -0.4 is 11.3 Å². The van der Waals surface area contributed by atoms with Gasteiger partial charge in [-0.05, 0) is 6.92 Å². The molecular formula is C10H12N4O3. The van der Waals surface area contributed by atoms with Crippen molar-refractivity contribution in [3.8, 4) is 0 Å². The van der Waals surface area contributed by atoms with Gasteiger partial charge in [-0.2, -0.15) is 0 Å². The minimum atomic E-state index is -0.697. The largest absolute Gasteiger partial charge is 0.396 e. The lowest BCUT2D eigenvalue weighted by Gasteiger charge is -2.05. The first-order valence-corrected chi connectivity index (χ1v) is 5.05. The van der Waals surface area contributed by atoms with Gasteiger partial charge in [0.25, 0.3) is 11.5 Å². The van der Waals surface area contributed by atoms with Crippen molar-refractivity contribution in [3.05, 3.63) is 33.6 Å². The first-order valence-electron chi connectivity index (χ1n) is 5.05. The molecule has 0 spiro atoms. The number of fused-ring (bicyclic) bond motifs is 1. The van der Waals surface area contributed by atoms with E-state index in [2.05, 4.69) is 9.97 Å². The van der Waals surface area contributed by atoms with E-state index < -0.39 is 5.91 Å². The summed E-state index contributed by atoms with van der Waals surface area (Å²) in [7, 11) is 0. The van der Waals surface area contributed by atoms with E-state index in [4.69, 9.17) is 10.8 Å². The van der Waals surface area contributed by atoms with E-state index in [0.29, 0.717) is 11.3 Å². The van der Waals surface area contributed by atoms with Crippen molar-refractivity contribution in [1.82, 2.24) is 14.4 Å². The molecular weight excluding hydrogens is 224 g/mol. The molecule has 2 heterocycles. The van der Waals surface area contributed by atoms with Crippen LogP contribution in [0.25, 0.3) is 5.65 Å². The topological polar surface area (TPSA) is 113 Å². The number of aliphatic hydroxyl groups excluding tert-OH is 1. The number of rotatable bonds is 3. The monoisotopic (exact) mass is 236 g/mol. The van der Waals surface area contributed by atoms with Crippen LogP contribution in [0.3, 0.4) is 0 Å². The van der Waals surface area contributed by atoms with Crippen LogP contribution in [0, 0.1) is 6.92 Å². The van der Waals surface area contributed by atoms with Crippen LogP contribution in [0.4, 0.5) is 0 Å². The molecule has 7 heteroatoms. The van der Waals surface area contributed by atoms with Gasteiger partial charge in [0.1, 0.15) is 6.33 Å². The number of H-pyrrole nitrogens is 1. The van der Waals surface area contributed by atoms with Crippen molar-refractivity contribution >= 4 is 11.6 Å². The molecule has 0 aliphatic rings. The van der Waals surface area contributed by atoms with E-state index in [0.717, 1.165) is 0 Å². The Morgan fingerprint density at radius 1 is 1.65 bits per heavy atom. The van der Waals surface area contributed by atoms with Gasteiger partial charge in [0, 0.05) is 24.3 Å². The molecule has 90 valence electrons. The van der Waals surface area contributed by atoms with Crippen molar-refractivity contribution in [2.24, 2.45) is 5.73 Å². The van der Waals surface area contributed by atoms with E-state index >= 15 is 0 Å². The number of nitrogens with two attached hydrogens (primary N) is 1. The number of amides is 1. The van der Waals surface area contributed by atoms with Crippen LogP contribution in [0.5, 0.6) is 0 Å². The molecule has 17 heavy (non-hydrogen) atoms. The Hall–Kier alpha value is -2.15. The summed E-state index contributed by atoms with van der Waals surface area (Å²) in [5, 5.41) is 8.88. The van der Waals surface area contributed by atoms with Crippen molar-refractivity contribution in [2.75, 3.05) is 6.61 Å². The fourth-order valence-corrected chi connectivity index (χ4v) is 1.77. The second kappa shape index (κ2) is 4.02. The minimum absolute atomic E-state index is 0.0285. The zero-order valence-electron chi connectivity index (χ0n) is 9.23. The molecule has 0 radical (unpaired) electrons. The third-order valence-electron chi connectivity index (χ3n) is 2.60. The predicted molar refractivity (Wildman–Crippen MR) is 59.9 cm³/mol. The smallest absolute Gasteiger partial charge is 0.271 e. The molecule has 2 aromatic heterocycles. The van der Waals surface area contributed by atoms with Crippen LogP contribution >= 0.6 is 0 Å². The lowest BCUT2D eigenvalue weighted by atomic mass is 10.2. The second-order valence-electron chi connectivity index (χ2n) is 3.68. The number of nitrogens with zero attached hydrogens (tertiary/aromatic N) is 2. The highest BCUT2D eigenvalue weighted by atomic mass is 16.3. The van der Waals surface area contributed by atoms with Crippen molar-refractivity contribution in [2.45, 2.75) is 13.3 Å². The number of nitrogens with one attached hydrogen (secondary N) is 1. The molecule has 0 atom stereocenters. The molecule has 0 aromatic carbocycles. The first kappa shape index (κ1) is 11.3. The van der Waals surface area contributed by atoms with Gasteiger partial charge < -0.3 is 15.8 Å². The second-order valence-corrected chi connectivity index (χ2v) is 3.68. The third-order valence-corrected chi connectivity index (χ3v) is 2.60. The van der Waals surface area contributed by atoms with Crippen molar-refractivity contribution < 1.29 is 9.90 Å². The van der Waals surface area contributed by atoms with Crippen molar-refractivity contribution in [1.29, 1.82) is 0 Å². The van der Waals surface area contributed by atoms with Crippen LogP contribution in [-0.4, -0.2) is 32.0 Å². The maximum absolute atomic E-state index is 12.0. The lowest BCUT2D eigenvalue weighted by molar-refractivity contribution is 0.0997. The van der Waals surface area contributed by atoms with E-state index in [9.17, 15) is 9.59 Å². The number of aryl methyl sites for hydroxylation is 1. The maximum Gasteiger partial charge on any atom is 0.271 e. The standard InChI is InChI=1S/C10H12N4O3/c1-5-6(2-3-15)10(17)14-4-12-7(8(11)16)9(14)13-5/h4,13,15H,2-3H2,1H3,(H2,11,16). The summed E-state index contributed by atoms with van der Waals surface area (Å²) in [4.78, 5) is 29.8. The SMILES string of the molecule is Cc1[nH]c2c(C(N)=O)ncn2c(=O)c1CCO. The summed E-state index contributed by atoms with van der Waals surface area (Å²) in [5.74, 6) is -0.697. The molecule has 0 saturated carbocycles. The highest BCUT2D eigenvalue weighted by Gasteiger charge is 2.15. The highest BCUT2D eigenvalue weighted by molar-refractivity contribution is 5.96. The van der Waals surface area contributed by atoms with Gasteiger partial charge in [-0.15, -0.1) is 0 Å². The molecule has 2 rings (SSSR count). The summed E-state index contributed by atoms with van der Waals surface area (Å²) in [5.41, 5.74) is 6.21. The number of hydrogen-bond acceptors (Lipinski definition) is 4. The number of aromatic nitrogens is 3. The van der Waals surface area contributed by atoms with Crippen LogP contribution in [0.2, 0.25) is 0 Å². The quantitative estimate of drug-likeness (QED) is 0.631. The lowest BCUT2D eigenvalue weighted by Crippen LogP contribution is -2.22. The number of carbonyl (C=O) groups excluding carboxylic acids is 1. The van der Waals surface area contributed by atoms with Gasteiger partial charge in [-0.25, -0.2) is 4.98 Å². The normalized spacial score (nSPS) is 10.9. The van der Waals surface area contributed by atoms with Crippen molar-refractivity contribution in [3.63, 3.8) is 0 Å². The minimum Gasteiger partial charge on any atom is -0.396 e. The Bertz CT molecular complexity index is 641. The number of aromatic amines is 1. The first-order chi connectivity index (χ1) is 8.06. The molecule has 0 saturated heterocycles. The van der Waals surface area contributed by atoms with Crippen LogP contribution in [-0.2, 0) is 6.42 Å². The molecule has 0 fully saturated rings. The fourth-order valence-electron chi connectivity index (χ4n) is 1.77. The van der Waals surface area contributed by atoms with Gasteiger partial charge in [0.05, 0.1) is 0 Å². The Labute approximate surface area is 95.9 Å². The van der Waals surface area contributed by atoms with Gasteiger partial charge in [0.2, 0.25) is 0 Å². The zero-order chi connectivity index (χ0) is 12.6. The van der Waals surface area contributed by atoms with E-state index in [1.165, 1.54) is 10.7 Å². The van der Waals surface area contributed by atoms with Gasteiger partial charge >= 0.3 is 0 Å². The van der Waals surface area contributed by atoms with E-state index in [-0.39, 0.29) is 29.9 Å². The summed E-state index contributed by atoms with van der Waals surface area (Å²) in [6.45, 7) is 1.58. The molecule has 2 aromatic rings. The molecule has 1 amide bonds. The van der Waals surface area contributed by atoms with E-state index in [1.807, 2.05) is 0 Å². The van der Waals surface area contributed by atoms with Crippen LogP contribution in [0.1, 0.15) is 21.7 Å². The van der Waals surface area contributed by atoms with Gasteiger partial charge in [0.15, 0.2) is 11.3 Å². The van der Waals surface area contributed by atoms with Crippen LogP contribution in [0.15, 0.2) is 11.1 Å². The zero-order valence-corrected chi connectivity index (χ0v) is 9.23. The summed E-state index contributed by atoms with van der Waals surface area (Å²) >= 11 is 0. The molecule has 0 unspecified atom stereocenters. The number of hydrogen-bond donors (Lipinski definition) is 3. The Morgan fingerprint density at radius 2 is 2.35 bits per heavy atom. The molecule has 7 nitrogen and oxygen atoms in total. The number of imidazole rings is 1. The Morgan fingerprint density at radius 3 is 2.94 bits per heavy atom. The fraction of sp³-hybridized carbons (Fsp3) is 0.300. The molecule has 0 bridgehead atoms. The maximum atomic E-state index is 12.0. The predicted octanol–water partition coefficient (Wildman–Crippen LogP) is -1.04. The Balaban J connectivity index is 2.79. The number of carbonyl (C=O) groups is 1. The molecule has 0 aliphatic carbocycles. The average Bonchev–Trinajstić information content (AvgIpc) is 2.68. The summed E-state index contributed by atoms with van der Waals surface area (Å²) < 4.78 is 1.22. The van der Waals surface area contributed by atoms with Gasteiger partial charge in [-0.1, -0.05) is 0 Å². The molecule has 4 N–H and O–H groups in total. The van der Waals surface area contributed by atoms with Gasteiger partial charge in [-0.3, -0.25) is 14.0 Å². The summed E-state index contributed by atoms with van der Waals surface area (Å²) in [6, 6.07) is 0. The average molecular weight is 236 g/mol.